The van der Waals surface area contributed by atoms with Crippen LogP contribution in [0, 0.1) is 19.8 Å². The van der Waals surface area contributed by atoms with Crippen LogP contribution >= 0.6 is 0 Å². The van der Waals surface area contributed by atoms with E-state index in [9.17, 15) is 9.59 Å². The maximum absolute atomic E-state index is 12.8. The fourth-order valence-electron chi connectivity index (χ4n) is 2.63. The smallest absolute Gasteiger partial charge is 0.332 e. The molecule has 7 nitrogen and oxygen atoms in total. The quantitative estimate of drug-likeness (QED) is 0.736. The number of aromatic nitrogens is 4. The third-order valence-corrected chi connectivity index (χ3v) is 4.13. The van der Waals surface area contributed by atoms with Crippen LogP contribution in [0.3, 0.4) is 0 Å². The summed E-state index contributed by atoms with van der Waals surface area (Å²) >= 11 is 0. The molecule has 3 aromatic rings. The Morgan fingerprint density at radius 2 is 1.91 bits per heavy atom. The van der Waals surface area contributed by atoms with Crippen molar-refractivity contribution in [3.63, 3.8) is 0 Å². The number of oxazole rings is 1. The molecule has 0 aliphatic carbocycles. The van der Waals surface area contributed by atoms with Crippen LogP contribution in [0.15, 0.2) is 14.0 Å². The molecule has 0 saturated carbocycles. The first-order valence-corrected chi connectivity index (χ1v) is 7.41. The molecule has 0 fully saturated rings. The van der Waals surface area contributed by atoms with Gasteiger partial charge in [0.25, 0.3) is 5.56 Å². The van der Waals surface area contributed by atoms with Crippen molar-refractivity contribution in [3.8, 4) is 0 Å². The van der Waals surface area contributed by atoms with Crippen LogP contribution in [0.1, 0.15) is 31.7 Å². The van der Waals surface area contributed by atoms with Crippen LogP contribution in [-0.4, -0.2) is 18.5 Å². The summed E-state index contributed by atoms with van der Waals surface area (Å²) in [4.78, 5) is 29.5. The zero-order valence-electron chi connectivity index (χ0n) is 13.5. The van der Waals surface area contributed by atoms with E-state index in [4.69, 9.17) is 4.42 Å². The number of fused-ring (bicyclic) bond motifs is 3. The molecule has 0 saturated heterocycles. The van der Waals surface area contributed by atoms with E-state index in [1.165, 1.54) is 9.13 Å². The van der Waals surface area contributed by atoms with Crippen molar-refractivity contribution in [3.05, 3.63) is 32.3 Å². The molecular formula is C15H20N4O3. The normalized spacial score (nSPS) is 12.1. The second kappa shape index (κ2) is 4.86. The van der Waals surface area contributed by atoms with Gasteiger partial charge in [-0.3, -0.25) is 18.3 Å². The van der Waals surface area contributed by atoms with Gasteiger partial charge in [0, 0.05) is 13.6 Å². The summed E-state index contributed by atoms with van der Waals surface area (Å²) in [5.74, 6) is 1.47. The second-order valence-electron chi connectivity index (χ2n) is 6.13. The minimum absolute atomic E-state index is 0.310. The number of aryl methyl sites for hydroxylation is 3. The lowest BCUT2D eigenvalue weighted by atomic mass is 10.1. The van der Waals surface area contributed by atoms with Gasteiger partial charge in [0.15, 0.2) is 11.2 Å². The summed E-state index contributed by atoms with van der Waals surface area (Å²) < 4.78 is 9.95. The number of nitrogens with zero attached hydrogens (tertiary/aromatic N) is 4. The molecule has 0 unspecified atom stereocenters. The van der Waals surface area contributed by atoms with Gasteiger partial charge in [0.2, 0.25) is 0 Å². The maximum Gasteiger partial charge on any atom is 0.332 e. The van der Waals surface area contributed by atoms with Crippen molar-refractivity contribution in [2.45, 2.75) is 40.7 Å². The molecule has 0 spiro atoms. The Hall–Kier alpha value is -2.31. The van der Waals surface area contributed by atoms with Gasteiger partial charge in [-0.1, -0.05) is 13.8 Å². The molecule has 0 radical (unpaired) electrons. The highest BCUT2D eigenvalue weighted by Gasteiger charge is 2.21. The molecular weight excluding hydrogens is 284 g/mol. The van der Waals surface area contributed by atoms with Gasteiger partial charge in [-0.25, -0.2) is 4.79 Å². The first-order valence-electron chi connectivity index (χ1n) is 7.41. The molecule has 0 aliphatic heterocycles. The van der Waals surface area contributed by atoms with Gasteiger partial charge in [0.1, 0.15) is 5.76 Å². The van der Waals surface area contributed by atoms with Crippen LogP contribution in [0.5, 0.6) is 0 Å². The standard InChI is InChI=1S/C15H20N4O3/c1-8(2)6-7-18-13(20)11-12(17(5)15(18)21)16-14-19(11)9(3)10(4)22-14/h8H,6-7H2,1-5H3. The van der Waals surface area contributed by atoms with Crippen LogP contribution < -0.4 is 11.2 Å². The van der Waals surface area contributed by atoms with E-state index in [2.05, 4.69) is 18.8 Å². The highest BCUT2D eigenvalue weighted by molar-refractivity contribution is 5.75. The topological polar surface area (TPSA) is 74.4 Å². The summed E-state index contributed by atoms with van der Waals surface area (Å²) in [6, 6.07) is 0. The van der Waals surface area contributed by atoms with Crippen molar-refractivity contribution in [1.29, 1.82) is 0 Å². The molecule has 0 N–H and O–H groups in total. The highest BCUT2D eigenvalue weighted by Crippen LogP contribution is 2.19. The monoisotopic (exact) mass is 304 g/mol. The summed E-state index contributed by atoms with van der Waals surface area (Å²) in [5.41, 5.74) is 0.930. The van der Waals surface area contributed by atoms with Gasteiger partial charge in [0.05, 0.1) is 5.69 Å². The Morgan fingerprint density at radius 1 is 1.23 bits per heavy atom. The van der Waals surface area contributed by atoms with Crippen molar-refractivity contribution in [2.24, 2.45) is 13.0 Å². The van der Waals surface area contributed by atoms with E-state index in [1.807, 2.05) is 13.8 Å². The van der Waals surface area contributed by atoms with E-state index >= 15 is 0 Å². The van der Waals surface area contributed by atoms with Gasteiger partial charge in [-0.15, -0.1) is 0 Å². The summed E-state index contributed by atoms with van der Waals surface area (Å²) in [6.45, 7) is 8.23. The second-order valence-corrected chi connectivity index (χ2v) is 6.13. The largest absolute Gasteiger partial charge is 0.428 e. The molecule has 0 aromatic carbocycles. The number of hydrogen-bond donors (Lipinski definition) is 0. The van der Waals surface area contributed by atoms with Crippen LogP contribution in [0.25, 0.3) is 17.0 Å². The summed E-state index contributed by atoms with van der Waals surface area (Å²) in [7, 11) is 1.63. The van der Waals surface area contributed by atoms with Crippen molar-refractivity contribution >= 4 is 17.0 Å². The van der Waals surface area contributed by atoms with Gasteiger partial charge < -0.3 is 4.42 Å². The average Bonchev–Trinajstić information content (AvgIpc) is 2.94. The van der Waals surface area contributed by atoms with E-state index in [-0.39, 0.29) is 11.2 Å². The molecule has 0 aliphatic rings. The predicted octanol–water partition coefficient (Wildman–Crippen LogP) is 1.60. The lowest BCUT2D eigenvalue weighted by Gasteiger charge is -2.09. The van der Waals surface area contributed by atoms with Crippen molar-refractivity contribution < 1.29 is 4.42 Å². The molecule has 3 aromatic heterocycles. The van der Waals surface area contributed by atoms with E-state index in [1.54, 1.807) is 11.4 Å². The highest BCUT2D eigenvalue weighted by atomic mass is 16.4. The molecule has 3 heterocycles. The van der Waals surface area contributed by atoms with Gasteiger partial charge >= 0.3 is 11.5 Å². The average molecular weight is 304 g/mol. The van der Waals surface area contributed by atoms with Gasteiger partial charge in [-0.2, -0.15) is 4.98 Å². The lowest BCUT2D eigenvalue weighted by Crippen LogP contribution is -2.39. The molecule has 22 heavy (non-hydrogen) atoms. The number of imidazole rings is 1. The molecule has 7 heteroatoms. The summed E-state index contributed by atoms with van der Waals surface area (Å²) in [6.07, 6.45) is 0.770. The third kappa shape index (κ3) is 1.92. The number of rotatable bonds is 3. The Morgan fingerprint density at radius 3 is 2.55 bits per heavy atom. The van der Waals surface area contributed by atoms with Crippen LogP contribution in [-0.2, 0) is 13.6 Å². The number of hydrogen-bond acceptors (Lipinski definition) is 4. The SMILES string of the molecule is Cc1oc2nc3c(c(=O)n(CCC(C)C)c(=O)n3C)n2c1C. The fraction of sp³-hybridized carbons (Fsp3) is 0.533. The fourth-order valence-corrected chi connectivity index (χ4v) is 2.63. The minimum atomic E-state index is -0.340. The Kier molecular flexibility index (Phi) is 3.23. The Labute approximate surface area is 126 Å². The maximum atomic E-state index is 12.8. The van der Waals surface area contributed by atoms with E-state index in [0.717, 1.165) is 12.1 Å². The molecule has 3 rings (SSSR count). The molecule has 0 bridgehead atoms. The third-order valence-electron chi connectivity index (χ3n) is 4.13. The van der Waals surface area contributed by atoms with Crippen molar-refractivity contribution in [2.75, 3.05) is 0 Å². The molecule has 118 valence electrons. The van der Waals surface area contributed by atoms with E-state index < -0.39 is 0 Å². The Bertz CT molecular complexity index is 984. The van der Waals surface area contributed by atoms with Gasteiger partial charge in [-0.05, 0) is 26.2 Å². The zero-order valence-corrected chi connectivity index (χ0v) is 13.5. The lowest BCUT2D eigenvalue weighted by molar-refractivity contribution is 0.488. The van der Waals surface area contributed by atoms with Crippen LogP contribution in [0.2, 0.25) is 0 Å². The Balaban J connectivity index is 2.41. The van der Waals surface area contributed by atoms with Crippen molar-refractivity contribution in [1.82, 2.24) is 18.5 Å². The molecule has 0 atom stereocenters. The molecule has 0 amide bonds. The summed E-state index contributed by atoms with van der Waals surface area (Å²) in [5, 5.41) is 0. The first kappa shape index (κ1) is 14.6. The predicted molar refractivity (Wildman–Crippen MR) is 83.4 cm³/mol. The van der Waals surface area contributed by atoms with E-state index in [0.29, 0.717) is 35.2 Å². The van der Waals surface area contributed by atoms with Crippen LogP contribution in [0.4, 0.5) is 0 Å². The zero-order chi connectivity index (χ0) is 16.2. The first-order chi connectivity index (χ1) is 10.3. The minimum Gasteiger partial charge on any atom is -0.428 e.